The molecule has 2 rings (SSSR count). The van der Waals surface area contributed by atoms with Crippen molar-refractivity contribution in [2.75, 3.05) is 11.1 Å². The maximum Gasteiger partial charge on any atom is 0.304 e. The van der Waals surface area contributed by atoms with Gasteiger partial charge in [-0.1, -0.05) is 24.3 Å². The SMILES string of the molecule is CC(Oc1ccccc1F)C(=O)Nc1cccc(CSCCC(=O)O)c1. The Balaban J connectivity index is 1.89. The molecule has 5 nitrogen and oxygen atoms in total. The van der Waals surface area contributed by atoms with Crippen molar-refractivity contribution in [1.29, 1.82) is 0 Å². The number of rotatable bonds is 9. The minimum atomic E-state index is -0.861. The molecule has 7 heteroatoms. The van der Waals surface area contributed by atoms with Gasteiger partial charge in [0.25, 0.3) is 5.91 Å². The first-order valence-corrected chi connectivity index (χ1v) is 9.21. The first-order valence-electron chi connectivity index (χ1n) is 8.06. The molecule has 0 fully saturated rings. The van der Waals surface area contributed by atoms with Crippen molar-refractivity contribution in [3.63, 3.8) is 0 Å². The van der Waals surface area contributed by atoms with E-state index in [1.165, 1.54) is 23.9 Å². The van der Waals surface area contributed by atoms with Gasteiger partial charge in [0.2, 0.25) is 0 Å². The quantitative estimate of drug-likeness (QED) is 0.648. The normalized spacial score (nSPS) is 11.6. The number of carbonyl (C=O) groups is 2. The van der Waals surface area contributed by atoms with Crippen LogP contribution in [0.2, 0.25) is 0 Å². The summed E-state index contributed by atoms with van der Waals surface area (Å²) < 4.78 is 19.0. The summed E-state index contributed by atoms with van der Waals surface area (Å²) in [6, 6.07) is 13.2. The summed E-state index contributed by atoms with van der Waals surface area (Å²) in [6.45, 7) is 1.55. The van der Waals surface area contributed by atoms with Crippen LogP contribution < -0.4 is 10.1 Å². The van der Waals surface area contributed by atoms with E-state index < -0.39 is 17.9 Å². The molecule has 2 aromatic rings. The second-order valence-corrected chi connectivity index (χ2v) is 6.68. The van der Waals surface area contributed by atoms with Crippen LogP contribution in [-0.2, 0) is 15.3 Å². The van der Waals surface area contributed by atoms with Crippen LogP contribution in [0.3, 0.4) is 0 Å². The van der Waals surface area contributed by atoms with Crippen LogP contribution in [-0.4, -0.2) is 28.8 Å². The number of hydrogen-bond acceptors (Lipinski definition) is 4. The third-order valence-corrected chi connectivity index (χ3v) is 4.46. The van der Waals surface area contributed by atoms with Crippen molar-refractivity contribution in [3.8, 4) is 5.75 Å². The largest absolute Gasteiger partial charge is 0.481 e. The van der Waals surface area contributed by atoms with Gasteiger partial charge in [0, 0.05) is 17.2 Å². The molecule has 1 amide bonds. The number of carbonyl (C=O) groups excluding carboxylic acids is 1. The summed E-state index contributed by atoms with van der Waals surface area (Å²) in [5.41, 5.74) is 1.58. The summed E-state index contributed by atoms with van der Waals surface area (Å²) in [5, 5.41) is 11.4. The molecule has 0 heterocycles. The average molecular weight is 377 g/mol. The highest BCUT2D eigenvalue weighted by atomic mass is 32.2. The van der Waals surface area contributed by atoms with Gasteiger partial charge in [-0.05, 0) is 36.8 Å². The predicted molar refractivity (Wildman–Crippen MR) is 100.0 cm³/mol. The Morgan fingerprint density at radius 3 is 2.73 bits per heavy atom. The molecule has 0 saturated carbocycles. The third kappa shape index (κ3) is 6.40. The molecule has 26 heavy (non-hydrogen) atoms. The number of thioether (sulfide) groups is 1. The minimum Gasteiger partial charge on any atom is -0.481 e. The molecule has 0 aliphatic rings. The fourth-order valence-corrected chi connectivity index (χ4v) is 3.00. The topological polar surface area (TPSA) is 75.6 Å². The van der Waals surface area contributed by atoms with Crippen LogP contribution in [0.1, 0.15) is 18.9 Å². The van der Waals surface area contributed by atoms with Crippen LogP contribution in [0.15, 0.2) is 48.5 Å². The number of para-hydroxylation sites is 1. The Hall–Kier alpha value is -2.54. The molecule has 0 spiro atoms. The number of carboxylic acid groups (broad SMARTS) is 1. The number of anilines is 1. The van der Waals surface area contributed by atoms with Gasteiger partial charge < -0.3 is 15.2 Å². The van der Waals surface area contributed by atoms with E-state index >= 15 is 0 Å². The number of aliphatic carboxylic acids is 1. The van der Waals surface area contributed by atoms with E-state index in [9.17, 15) is 14.0 Å². The average Bonchev–Trinajstić information content (AvgIpc) is 2.61. The maximum atomic E-state index is 13.6. The van der Waals surface area contributed by atoms with Crippen molar-refractivity contribution in [2.45, 2.75) is 25.2 Å². The molecule has 0 aliphatic carbocycles. The number of ether oxygens (including phenoxy) is 1. The maximum absolute atomic E-state index is 13.6. The van der Waals surface area contributed by atoms with Crippen molar-refractivity contribution in [2.24, 2.45) is 0 Å². The number of amides is 1. The first kappa shape index (κ1) is 19.8. The molecular formula is C19H20FNO4S. The lowest BCUT2D eigenvalue weighted by Gasteiger charge is -2.15. The van der Waals surface area contributed by atoms with Gasteiger partial charge in [-0.2, -0.15) is 11.8 Å². The fourth-order valence-electron chi connectivity index (χ4n) is 2.12. The van der Waals surface area contributed by atoms with Crippen molar-refractivity contribution >= 4 is 29.3 Å². The van der Waals surface area contributed by atoms with Crippen LogP contribution in [0.5, 0.6) is 5.75 Å². The zero-order valence-electron chi connectivity index (χ0n) is 14.3. The molecule has 0 aliphatic heterocycles. The number of nitrogens with one attached hydrogen (secondary N) is 1. The van der Waals surface area contributed by atoms with Crippen LogP contribution in [0.25, 0.3) is 0 Å². The molecule has 1 atom stereocenters. The number of carboxylic acids is 1. The van der Waals surface area contributed by atoms with E-state index in [-0.39, 0.29) is 18.1 Å². The summed E-state index contributed by atoms with van der Waals surface area (Å²) in [4.78, 5) is 22.8. The lowest BCUT2D eigenvalue weighted by atomic mass is 10.2. The molecule has 0 bridgehead atoms. The monoisotopic (exact) mass is 377 g/mol. The van der Waals surface area contributed by atoms with E-state index in [0.717, 1.165) is 5.56 Å². The van der Waals surface area contributed by atoms with Gasteiger partial charge in [0.05, 0.1) is 6.42 Å². The van der Waals surface area contributed by atoms with Crippen LogP contribution in [0, 0.1) is 5.82 Å². The van der Waals surface area contributed by atoms with E-state index in [2.05, 4.69) is 5.32 Å². The number of benzene rings is 2. The smallest absolute Gasteiger partial charge is 0.304 e. The third-order valence-electron chi connectivity index (χ3n) is 3.43. The van der Waals surface area contributed by atoms with Gasteiger partial charge in [-0.3, -0.25) is 9.59 Å². The minimum absolute atomic E-state index is 0.0266. The molecule has 0 aromatic heterocycles. The highest BCUT2D eigenvalue weighted by molar-refractivity contribution is 7.98. The lowest BCUT2D eigenvalue weighted by Crippen LogP contribution is -2.30. The van der Waals surface area contributed by atoms with Crippen LogP contribution in [0.4, 0.5) is 10.1 Å². The van der Waals surface area contributed by atoms with Crippen molar-refractivity contribution < 1.29 is 23.8 Å². The first-order chi connectivity index (χ1) is 12.5. The van der Waals surface area contributed by atoms with Gasteiger partial charge in [-0.15, -0.1) is 0 Å². The van der Waals surface area contributed by atoms with E-state index in [1.807, 2.05) is 18.2 Å². The molecular weight excluding hydrogens is 357 g/mol. The second-order valence-electron chi connectivity index (χ2n) is 5.58. The number of halogens is 1. The predicted octanol–water partition coefficient (Wildman–Crippen LogP) is 3.94. The molecule has 1 unspecified atom stereocenters. The highest BCUT2D eigenvalue weighted by Crippen LogP contribution is 2.19. The Morgan fingerprint density at radius 1 is 1.23 bits per heavy atom. The van der Waals surface area contributed by atoms with Gasteiger partial charge >= 0.3 is 5.97 Å². The zero-order valence-corrected chi connectivity index (χ0v) is 15.1. The summed E-state index contributed by atoms with van der Waals surface area (Å²) in [5.74, 6) is -0.518. The van der Waals surface area contributed by atoms with Crippen molar-refractivity contribution in [3.05, 3.63) is 59.9 Å². The lowest BCUT2D eigenvalue weighted by molar-refractivity contribution is -0.136. The van der Waals surface area contributed by atoms with E-state index in [1.54, 1.807) is 25.1 Å². The molecule has 0 saturated heterocycles. The molecule has 2 N–H and O–H groups in total. The van der Waals surface area contributed by atoms with Crippen molar-refractivity contribution in [1.82, 2.24) is 0 Å². The van der Waals surface area contributed by atoms with E-state index in [0.29, 0.717) is 17.2 Å². The van der Waals surface area contributed by atoms with Gasteiger partial charge in [-0.25, -0.2) is 4.39 Å². The second kappa shape index (κ2) is 9.82. The van der Waals surface area contributed by atoms with Gasteiger partial charge in [0.15, 0.2) is 17.7 Å². The molecule has 138 valence electrons. The molecule has 2 aromatic carbocycles. The zero-order chi connectivity index (χ0) is 18.9. The Morgan fingerprint density at radius 2 is 2.00 bits per heavy atom. The van der Waals surface area contributed by atoms with Gasteiger partial charge in [0.1, 0.15) is 0 Å². The molecule has 0 radical (unpaired) electrons. The Bertz CT molecular complexity index is 769. The standard InChI is InChI=1S/C19H20FNO4S/c1-13(25-17-8-3-2-7-16(17)20)19(24)21-15-6-4-5-14(11-15)12-26-10-9-18(22)23/h2-8,11,13H,9-10,12H2,1H3,(H,21,24)(H,22,23). The Kier molecular flexibility index (Phi) is 7.47. The Labute approximate surface area is 155 Å². The summed E-state index contributed by atoms with van der Waals surface area (Å²) in [7, 11) is 0. The van der Waals surface area contributed by atoms with E-state index in [4.69, 9.17) is 9.84 Å². The highest BCUT2D eigenvalue weighted by Gasteiger charge is 2.16. The van der Waals surface area contributed by atoms with Crippen LogP contribution >= 0.6 is 11.8 Å². The summed E-state index contributed by atoms with van der Waals surface area (Å²) in [6.07, 6.45) is -0.744. The fraction of sp³-hybridized carbons (Fsp3) is 0.263. The number of hydrogen-bond donors (Lipinski definition) is 2. The summed E-state index contributed by atoms with van der Waals surface area (Å²) >= 11 is 1.51.